The lowest BCUT2D eigenvalue weighted by Crippen LogP contribution is -2.14. The van der Waals surface area contributed by atoms with Crippen LogP contribution >= 0.6 is 11.3 Å². The van der Waals surface area contributed by atoms with Gasteiger partial charge in [0.15, 0.2) is 0 Å². The van der Waals surface area contributed by atoms with Crippen LogP contribution in [0.4, 0.5) is 0 Å². The Morgan fingerprint density at radius 1 is 1.33 bits per heavy atom. The van der Waals surface area contributed by atoms with Crippen molar-refractivity contribution in [1.82, 2.24) is 9.88 Å². The van der Waals surface area contributed by atoms with Gasteiger partial charge in [0.25, 0.3) is 0 Å². The Hall–Kier alpha value is -1.26. The number of hydrogen-bond donors (Lipinski definition) is 0. The highest BCUT2D eigenvalue weighted by Gasteiger charge is 2.14. The van der Waals surface area contributed by atoms with Crippen molar-refractivity contribution < 1.29 is 0 Å². The number of fused-ring (bicyclic) bond motifs is 1. The third-order valence-corrected chi connectivity index (χ3v) is 5.10. The molecule has 1 aliphatic rings. The quantitative estimate of drug-likeness (QED) is 0.863. The lowest BCUT2D eigenvalue weighted by atomic mass is 9.96. The zero-order valence-corrected chi connectivity index (χ0v) is 13.9. The summed E-state index contributed by atoms with van der Waals surface area (Å²) in [6.07, 6.45) is 3.38. The third kappa shape index (κ3) is 3.50. The standard InChI is InChI=1S/C17H23N3S/c1-12-4-6-14(18-11-12)13-5-7-16-15(10-13)19-17(21-16)8-9-20(2)3/h5,7,10,12H,4,6,8-9,11H2,1-3H3/t12-/m0/s1. The summed E-state index contributed by atoms with van der Waals surface area (Å²) in [5.74, 6) is 0.731. The van der Waals surface area contributed by atoms with Gasteiger partial charge in [0.1, 0.15) is 0 Å². The van der Waals surface area contributed by atoms with E-state index in [9.17, 15) is 0 Å². The highest BCUT2D eigenvalue weighted by molar-refractivity contribution is 7.18. The SMILES string of the molecule is C[C@H]1CCC(c2ccc3sc(CCN(C)C)nc3c2)=NC1. The molecule has 0 spiro atoms. The second-order valence-corrected chi connectivity index (χ2v) is 7.39. The first-order chi connectivity index (χ1) is 10.1. The zero-order valence-electron chi connectivity index (χ0n) is 13.1. The third-order valence-electron chi connectivity index (χ3n) is 4.01. The number of aliphatic imine (C=N–C) groups is 1. The molecule has 21 heavy (non-hydrogen) atoms. The number of benzene rings is 1. The summed E-state index contributed by atoms with van der Waals surface area (Å²) >= 11 is 1.82. The summed E-state index contributed by atoms with van der Waals surface area (Å²) in [7, 11) is 4.21. The minimum Gasteiger partial charge on any atom is -0.309 e. The van der Waals surface area contributed by atoms with Crippen molar-refractivity contribution in [3.05, 3.63) is 28.8 Å². The first-order valence-electron chi connectivity index (χ1n) is 7.69. The monoisotopic (exact) mass is 301 g/mol. The molecule has 0 N–H and O–H groups in total. The fourth-order valence-corrected chi connectivity index (χ4v) is 3.57. The fraction of sp³-hybridized carbons (Fsp3) is 0.529. The van der Waals surface area contributed by atoms with Crippen molar-refractivity contribution in [3.63, 3.8) is 0 Å². The van der Waals surface area contributed by atoms with Gasteiger partial charge in [-0.15, -0.1) is 11.3 Å². The zero-order chi connectivity index (χ0) is 14.8. The predicted molar refractivity (Wildman–Crippen MR) is 91.7 cm³/mol. The minimum atomic E-state index is 0.731. The van der Waals surface area contributed by atoms with E-state index in [1.165, 1.54) is 27.4 Å². The van der Waals surface area contributed by atoms with Gasteiger partial charge in [-0.05, 0) is 50.6 Å². The van der Waals surface area contributed by atoms with Crippen LogP contribution in [0.5, 0.6) is 0 Å². The first-order valence-corrected chi connectivity index (χ1v) is 8.51. The summed E-state index contributed by atoms with van der Waals surface area (Å²) in [4.78, 5) is 11.7. The van der Waals surface area contributed by atoms with E-state index in [0.717, 1.165) is 37.4 Å². The van der Waals surface area contributed by atoms with Crippen molar-refractivity contribution in [2.75, 3.05) is 27.2 Å². The molecule has 3 nitrogen and oxygen atoms in total. The maximum atomic E-state index is 4.79. The Labute approximate surface area is 130 Å². The predicted octanol–water partition coefficient (Wildman–Crippen LogP) is 3.62. The normalized spacial score (nSPS) is 19.2. The van der Waals surface area contributed by atoms with Crippen LogP contribution in [-0.4, -0.2) is 42.8 Å². The number of hydrogen-bond acceptors (Lipinski definition) is 4. The molecule has 1 atom stereocenters. The van der Waals surface area contributed by atoms with E-state index in [1.54, 1.807) is 0 Å². The Morgan fingerprint density at radius 2 is 2.19 bits per heavy atom. The first kappa shape index (κ1) is 14.7. The average Bonchev–Trinajstić information content (AvgIpc) is 2.88. The molecule has 0 saturated carbocycles. The molecule has 0 bridgehead atoms. The largest absolute Gasteiger partial charge is 0.309 e. The molecule has 0 amide bonds. The second-order valence-electron chi connectivity index (χ2n) is 6.27. The molecule has 4 heteroatoms. The van der Waals surface area contributed by atoms with Crippen LogP contribution in [0.1, 0.15) is 30.3 Å². The molecule has 0 unspecified atom stereocenters. The van der Waals surface area contributed by atoms with Crippen LogP contribution < -0.4 is 0 Å². The van der Waals surface area contributed by atoms with E-state index in [2.05, 4.69) is 44.1 Å². The van der Waals surface area contributed by atoms with Crippen molar-refractivity contribution in [2.45, 2.75) is 26.2 Å². The van der Waals surface area contributed by atoms with Crippen molar-refractivity contribution >= 4 is 27.3 Å². The highest BCUT2D eigenvalue weighted by Crippen LogP contribution is 2.25. The van der Waals surface area contributed by atoms with Crippen LogP contribution in [0, 0.1) is 5.92 Å². The number of thiazole rings is 1. The van der Waals surface area contributed by atoms with Crippen LogP contribution in [0.15, 0.2) is 23.2 Å². The van der Waals surface area contributed by atoms with Crippen LogP contribution in [0.25, 0.3) is 10.2 Å². The van der Waals surface area contributed by atoms with E-state index in [0.29, 0.717) is 0 Å². The minimum absolute atomic E-state index is 0.731. The van der Waals surface area contributed by atoms with E-state index in [4.69, 9.17) is 9.98 Å². The van der Waals surface area contributed by atoms with E-state index in [-0.39, 0.29) is 0 Å². The number of likely N-dealkylation sites (N-methyl/N-ethyl adjacent to an activating group) is 1. The average molecular weight is 301 g/mol. The van der Waals surface area contributed by atoms with E-state index < -0.39 is 0 Å². The fourth-order valence-electron chi connectivity index (χ4n) is 2.64. The van der Waals surface area contributed by atoms with Crippen LogP contribution in [0.2, 0.25) is 0 Å². The summed E-state index contributed by atoms with van der Waals surface area (Å²) in [6.45, 7) is 4.30. The van der Waals surface area contributed by atoms with Gasteiger partial charge in [0.2, 0.25) is 0 Å². The molecule has 0 aliphatic carbocycles. The molecule has 0 fully saturated rings. The van der Waals surface area contributed by atoms with Crippen molar-refractivity contribution in [3.8, 4) is 0 Å². The number of nitrogens with zero attached hydrogens (tertiary/aromatic N) is 3. The molecule has 2 heterocycles. The highest BCUT2D eigenvalue weighted by atomic mass is 32.1. The van der Waals surface area contributed by atoms with Gasteiger partial charge < -0.3 is 4.90 Å². The number of rotatable bonds is 4. The second kappa shape index (κ2) is 6.24. The lowest BCUT2D eigenvalue weighted by Gasteiger charge is -2.17. The van der Waals surface area contributed by atoms with Crippen LogP contribution in [-0.2, 0) is 6.42 Å². The molecular formula is C17H23N3S. The van der Waals surface area contributed by atoms with Gasteiger partial charge in [-0.25, -0.2) is 4.98 Å². The van der Waals surface area contributed by atoms with Gasteiger partial charge in [-0.2, -0.15) is 0 Å². The molecule has 0 saturated heterocycles. The van der Waals surface area contributed by atoms with Gasteiger partial charge in [-0.1, -0.05) is 13.0 Å². The Balaban J connectivity index is 1.83. The summed E-state index contributed by atoms with van der Waals surface area (Å²) in [6, 6.07) is 6.65. The summed E-state index contributed by atoms with van der Waals surface area (Å²) < 4.78 is 1.29. The van der Waals surface area contributed by atoms with Crippen molar-refractivity contribution in [1.29, 1.82) is 0 Å². The van der Waals surface area contributed by atoms with E-state index in [1.807, 2.05) is 11.3 Å². The maximum absolute atomic E-state index is 4.79. The Morgan fingerprint density at radius 3 is 2.90 bits per heavy atom. The van der Waals surface area contributed by atoms with Crippen molar-refractivity contribution in [2.24, 2.45) is 10.9 Å². The molecule has 1 aliphatic heterocycles. The molecular weight excluding hydrogens is 278 g/mol. The Bertz CT molecular complexity index is 657. The summed E-state index contributed by atoms with van der Waals surface area (Å²) in [5.41, 5.74) is 3.66. The van der Waals surface area contributed by atoms with Gasteiger partial charge in [0.05, 0.1) is 15.2 Å². The Kier molecular flexibility index (Phi) is 4.36. The smallest absolute Gasteiger partial charge is 0.0951 e. The molecule has 0 radical (unpaired) electrons. The van der Waals surface area contributed by atoms with Gasteiger partial charge in [0, 0.05) is 25.2 Å². The van der Waals surface area contributed by atoms with E-state index >= 15 is 0 Å². The summed E-state index contributed by atoms with van der Waals surface area (Å²) in [5, 5.41) is 1.23. The topological polar surface area (TPSA) is 28.5 Å². The van der Waals surface area contributed by atoms with Crippen LogP contribution in [0.3, 0.4) is 0 Å². The lowest BCUT2D eigenvalue weighted by molar-refractivity contribution is 0.413. The van der Waals surface area contributed by atoms with Gasteiger partial charge >= 0.3 is 0 Å². The maximum Gasteiger partial charge on any atom is 0.0951 e. The molecule has 3 rings (SSSR count). The number of aromatic nitrogens is 1. The molecule has 1 aromatic carbocycles. The molecule has 112 valence electrons. The van der Waals surface area contributed by atoms with Gasteiger partial charge in [-0.3, -0.25) is 4.99 Å². The molecule has 2 aromatic rings. The molecule has 1 aromatic heterocycles.